The zero-order chi connectivity index (χ0) is 9.42. The quantitative estimate of drug-likeness (QED) is 0.555. The first-order valence-electron chi connectivity index (χ1n) is 4.86. The highest BCUT2D eigenvalue weighted by Crippen LogP contribution is 2.40. The molecule has 0 N–H and O–H groups in total. The van der Waals surface area contributed by atoms with Crippen molar-refractivity contribution in [3.05, 3.63) is 0 Å². The van der Waals surface area contributed by atoms with Gasteiger partial charge in [0.25, 0.3) is 0 Å². The lowest BCUT2D eigenvalue weighted by atomic mass is 10.0. The van der Waals surface area contributed by atoms with E-state index in [1.165, 1.54) is 0 Å². The zero-order valence-corrected chi connectivity index (χ0v) is 7.86. The topological polar surface area (TPSA) is 44.1 Å². The van der Waals surface area contributed by atoms with Gasteiger partial charge >= 0.3 is 0 Å². The van der Waals surface area contributed by atoms with E-state index in [-0.39, 0.29) is 11.8 Å². The Bertz CT molecular complexity index is 255. The third-order valence-corrected chi connectivity index (χ3v) is 3.38. The Morgan fingerprint density at radius 2 is 1.92 bits per heavy atom. The first-order chi connectivity index (χ1) is 6.20. The van der Waals surface area contributed by atoms with Crippen molar-refractivity contribution in [3.8, 4) is 6.07 Å². The number of amides is 1. The lowest BCUT2D eigenvalue weighted by Gasteiger charge is -2.14. The van der Waals surface area contributed by atoms with Gasteiger partial charge in [0, 0.05) is 25.9 Å². The maximum Gasteiger partial charge on any atom is 0.219 e. The van der Waals surface area contributed by atoms with Gasteiger partial charge in [0.1, 0.15) is 0 Å². The maximum atomic E-state index is 11.1. The van der Waals surface area contributed by atoms with Gasteiger partial charge in [-0.25, -0.2) is 0 Å². The largest absolute Gasteiger partial charge is 0.342 e. The van der Waals surface area contributed by atoms with Crippen LogP contribution in [-0.2, 0) is 4.79 Å². The highest BCUT2D eigenvalue weighted by Gasteiger charge is 2.41. The Balaban J connectivity index is 1.98. The zero-order valence-electron chi connectivity index (χ0n) is 7.86. The molecule has 0 aromatic heterocycles. The molecule has 0 radical (unpaired) electrons. The van der Waals surface area contributed by atoms with Crippen LogP contribution in [0, 0.1) is 29.1 Å². The lowest BCUT2D eigenvalue weighted by Crippen LogP contribution is -2.27. The second-order valence-electron chi connectivity index (χ2n) is 4.24. The smallest absolute Gasteiger partial charge is 0.219 e. The van der Waals surface area contributed by atoms with Crippen molar-refractivity contribution in [1.29, 1.82) is 5.26 Å². The molecule has 2 atom stereocenters. The van der Waals surface area contributed by atoms with Crippen molar-refractivity contribution in [2.45, 2.75) is 19.8 Å². The van der Waals surface area contributed by atoms with Gasteiger partial charge in [-0.3, -0.25) is 4.79 Å². The number of carbonyl (C=O) groups is 1. The minimum Gasteiger partial charge on any atom is -0.342 e. The van der Waals surface area contributed by atoms with E-state index in [0.717, 1.165) is 25.9 Å². The number of fused-ring (bicyclic) bond motifs is 1. The van der Waals surface area contributed by atoms with Gasteiger partial charge in [0.2, 0.25) is 5.91 Å². The first-order valence-corrected chi connectivity index (χ1v) is 4.86. The Kier molecular flexibility index (Phi) is 1.99. The molecule has 1 saturated carbocycles. The summed E-state index contributed by atoms with van der Waals surface area (Å²) in [6.45, 7) is 3.40. The summed E-state index contributed by atoms with van der Waals surface area (Å²) in [6.07, 6.45) is 2.01. The maximum absolute atomic E-state index is 11.1. The monoisotopic (exact) mass is 178 g/mol. The van der Waals surface area contributed by atoms with Crippen molar-refractivity contribution in [2.75, 3.05) is 13.1 Å². The first kappa shape index (κ1) is 8.55. The Hall–Kier alpha value is -1.04. The second kappa shape index (κ2) is 3.02. The average molecular weight is 178 g/mol. The molecule has 0 spiro atoms. The van der Waals surface area contributed by atoms with Crippen LogP contribution in [0.4, 0.5) is 0 Å². The summed E-state index contributed by atoms with van der Waals surface area (Å²) in [4.78, 5) is 13.0. The molecule has 0 aromatic rings. The van der Waals surface area contributed by atoms with Crippen LogP contribution in [0.1, 0.15) is 19.8 Å². The van der Waals surface area contributed by atoms with Crippen LogP contribution in [-0.4, -0.2) is 23.9 Å². The Morgan fingerprint density at radius 3 is 2.31 bits per heavy atom. The van der Waals surface area contributed by atoms with Crippen LogP contribution >= 0.6 is 0 Å². The van der Waals surface area contributed by atoms with Gasteiger partial charge in [-0.15, -0.1) is 0 Å². The summed E-state index contributed by atoms with van der Waals surface area (Å²) in [6, 6.07) is 2.33. The highest BCUT2D eigenvalue weighted by atomic mass is 16.2. The molecule has 13 heavy (non-hydrogen) atoms. The molecule has 1 aliphatic heterocycles. The van der Waals surface area contributed by atoms with Gasteiger partial charge in [-0.2, -0.15) is 5.26 Å². The van der Waals surface area contributed by atoms with Gasteiger partial charge in [0.15, 0.2) is 0 Å². The number of rotatable bonds is 0. The number of hydrogen-bond acceptors (Lipinski definition) is 2. The number of likely N-dealkylation sites (tertiary alicyclic amines) is 1. The number of hydrogen-bond donors (Lipinski definition) is 0. The van der Waals surface area contributed by atoms with E-state index in [0.29, 0.717) is 11.8 Å². The third-order valence-electron chi connectivity index (χ3n) is 3.38. The predicted molar refractivity (Wildman–Crippen MR) is 47.6 cm³/mol. The van der Waals surface area contributed by atoms with E-state index in [4.69, 9.17) is 5.26 Å². The van der Waals surface area contributed by atoms with Crippen LogP contribution in [0.3, 0.4) is 0 Å². The fourth-order valence-electron chi connectivity index (χ4n) is 2.66. The van der Waals surface area contributed by atoms with Gasteiger partial charge < -0.3 is 4.90 Å². The summed E-state index contributed by atoms with van der Waals surface area (Å²) in [5.74, 6) is 1.65. The van der Waals surface area contributed by atoms with Crippen LogP contribution < -0.4 is 0 Å². The molecular formula is C10H14N2O. The van der Waals surface area contributed by atoms with Gasteiger partial charge in [-0.1, -0.05) is 0 Å². The predicted octanol–water partition coefficient (Wildman–Crippen LogP) is 1.01. The summed E-state index contributed by atoms with van der Waals surface area (Å²) in [7, 11) is 0. The molecule has 2 aliphatic rings. The molecule has 1 saturated heterocycles. The lowest BCUT2D eigenvalue weighted by molar-refractivity contribution is -0.128. The molecule has 1 amide bonds. The van der Waals surface area contributed by atoms with Crippen LogP contribution in [0.15, 0.2) is 0 Å². The van der Waals surface area contributed by atoms with Gasteiger partial charge in [0.05, 0.1) is 6.07 Å². The Labute approximate surface area is 78.3 Å². The normalized spacial score (nSPS) is 37.2. The van der Waals surface area contributed by atoms with E-state index >= 15 is 0 Å². The number of nitrogens with zero attached hydrogens (tertiary/aromatic N) is 2. The molecule has 0 bridgehead atoms. The number of nitriles is 1. The minimum atomic E-state index is 0.183. The molecule has 2 unspecified atom stereocenters. The van der Waals surface area contributed by atoms with Crippen molar-refractivity contribution < 1.29 is 4.79 Å². The molecule has 3 heteroatoms. The highest BCUT2D eigenvalue weighted by molar-refractivity contribution is 5.73. The van der Waals surface area contributed by atoms with Crippen LogP contribution in [0.5, 0.6) is 0 Å². The van der Waals surface area contributed by atoms with E-state index in [9.17, 15) is 4.79 Å². The van der Waals surface area contributed by atoms with Gasteiger partial charge in [-0.05, 0) is 24.7 Å². The summed E-state index contributed by atoms with van der Waals surface area (Å²) in [5.41, 5.74) is 0. The molecular weight excluding hydrogens is 164 g/mol. The van der Waals surface area contributed by atoms with Crippen molar-refractivity contribution >= 4 is 5.91 Å². The van der Waals surface area contributed by atoms with Crippen LogP contribution in [0.2, 0.25) is 0 Å². The third kappa shape index (κ3) is 1.41. The SMILES string of the molecule is CC(=O)N1CC2CC(C#N)CC2C1. The molecule has 1 aliphatic carbocycles. The molecule has 2 rings (SSSR count). The van der Waals surface area contributed by atoms with E-state index in [2.05, 4.69) is 6.07 Å². The minimum absolute atomic E-state index is 0.183. The fourth-order valence-corrected chi connectivity index (χ4v) is 2.66. The molecule has 0 aromatic carbocycles. The van der Waals surface area contributed by atoms with Crippen molar-refractivity contribution in [3.63, 3.8) is 0 Å². The standard InChI is InChI=1S/C10H14N2O/c1-7(13)12-5-9-2-8(4-11)3-10(9)6-12/h8-10H,2-3,5-6H2,1H3. The molecule has 2 fully saturated rings. The van der Waals surface area contributed by atoms with Crippen molar-refractivity contribution in [1.82, 2.24) is 4.90 Å². The van der Waals surface area contributed by atoms with E-state index in [1.807, 2.05) is 4.90 Å². The Morgan fingerprint density at radius 1 is 1.38 bits per heavy atom. The summed E-state index contributed by atoms with van der Waals surface area (Å²) < 4.78 is 0. The molecule has 3 nitrogen and oxygen atoms in total. The number of carbonyl (C=O) groups excluding carboxylic acids is 1. The summed E-state index contributed by atoms with van der Waals surface area (Å²) in [5, 5.41) is 8.77. The fraction of sp³-hybridized carbons (Fsp3) is 0.800. The summed E-state index contributed by atoms with van der Waals surface area (Å²) >= 11 is 0. The van der Waals surface area contributed by atoms with Crippen molar-refractivity contribution in [2.24, 2.45) is 17.8 Å². The van der Waals surface area contributed by atoms with E-state index < -0.39 is 0 Å². The molecule has 1 heterocycles. The average Bonchev–Trinajstić information content (AvgIpc) is 2.58. The molecule has 70 valence electrons. The van der Waals surface area contributed by atoms with Crippen LogP contribution in [0.25, 0.3) is 0 Å². The van der Waals surface area contributed by atoms with E-state index in [1.54, 1.807) is 6.92 Å². The second-order valence-corrected chi connectivity index (χ2v) is 4.24.